The standard InChI is InChI=1S/C36H51FN4O3.2ClH/c1-36(2,3)27-7-4-25(5-8-27)31-22-26(6-11-33(31)44-30-12-15-39-24-30)35(42)41-18-13-29(14-19-41)43-34-23-28(9-10-32(34)37)40-20-16-38-17-21-40;;/h6,9-11,22-23,25,27,29-30,38-39H,4-5,7-8,12-21,24H2,1-3H3;2*1H/t25?,27?,30-;;/m0../s1. The summed E-state index contributed by atoms with van der Waals surface area (Å²) in [5, 5.41) is 6.76. The van der Waals surface area contributed by atoms with Gasteiger partial charge < -0.3 is 29.9 Å². The van der Waals surface area contributed by atoms with Crippen LogP contribution in [0.15, 0.2) is 36.4 Å². The smallest absolute Gasteiger partial charge is 0.253 e. The van der Waals surface area contributed by atoms with Crippen LogP contribution in [0.4, 0.5) is 10.1 Å². The fraction of sp³-hybridized carbons (Fsp3) is 0.639. The maximum atomic E-state index is 14.7. The van der Waals surface area contributed by atoms with Crippen molar-refractivity contribution in [3.63, 3.8) is 0 Å². The van der Waals surface area contributed by atoms with Crippen LogP contribution in [-0.4, -0.2) is 75.4 Å². The van der Waals surface area contributed by atoms with Gasteiger partial charge in [0, 0.05) is 76.0 Å². The highest BCUT2D eigenvalue weighted by Crippen LogP contribution is 2.45. The van der Waals surface area contributed by atoms with E-state index in [2.05, 4.69) is 42.4 Å². The molecule has 0 bridgehead atoms. The van der Waals surface area contributed by atoms with E-state index < -0.39 is 0 Å². The van der Waals surface area contributed by atoms with Crippen LogP contribution in [0.25, 0.3) is 0 Å². The Morgan fingerprint density at radius 3 is 2.13 bits per heavy atom. The molecule has 0 radical (unpaired) electrons. The number of nitrogens with zero attached hydrogens (tertiary/aromatic N) is 2. The summed E-state index contributed by atoms with van der Waals surface area (Å²) in [5.41, 5.74) is 3.26. The molecule has 256 valence electrons. The number of nitrogens with one attached hydrogen (secondary N) is 2. The first-order chi connectivity index (χ1) is 21.2. The number of anilines is 1. The maximum absolute atomic E-state index is 14.7. The van der Waals surface area contributed by atoms with Crippen molar-refractivity contribution in [2.24, 2.45) is 11.3 Å². The third-order valence-corrected chi connectivity index (χ3v) is 10.4. The van der Waals surface area contributed by atoms with Gasteiger partial charge in [-0.2, -0.15) is 0 Å². The van der Waals surface area contributed by atoms with Crippen LogP contribution in [0.2, 0.25) is 0 Å². The monoisotopic (exact) mass is 678 g/mol. The quantitative estimate of drug-likeness (QED) is 0.335. The Morgan fingerprint density at radius 1 is 0.783 bits per heavy atom. The highest BCUT2D eigenvalue weighted by Gasteiger charge is 2.33. The third kappa shape index (κ3) is 8.80. The molecule has 2 N–H and O–H groups in total. The zero-order valence-corrected chi connectivity index (χ0v) is 29.3. The number of halogens is 3. The lowest BCUT2D eigenvalue weighted by Gasteiger charge is -2.37. The lowest BCUT2D eigenvalue weighted by Crippen LogP contribution is -2.43. The normalized spacial score (nSPS) is 24.1. The largest absolute Gasteiger partial charge is 0.489 e. The van der Waals surface area contributed by atoms with Gasteiger partial charge in [-0.25, -0.2) is 4.39 Å². The third-order valence-electron chi connectivity index (χ3n) is 10.4. The molecule has 6 rings (SSSR count). The second-order valence-electron chi connectivity index (χ2n) is 14.4. The van der Waals surface area contributed by atoms with Gasteiger partial charge >= 0.3 is 0 Å². The number of piperazine rings is 1. The molecular formula is C36H53Cl2FN4O3. The average molecular weight is 680 g/mol. The predicted molar refractivity (Wildman–Crippen MR) is 188 cm³/mol. The Hall–Kier alpha value is -2.26. The van der Waals surface area contributed by atoms with E-state index in [-0.39, 0.29) is 48.7 Å². The first-order valence-electron chi connectivity index (χ1n) is 17.0. The van der Waals surface area contributed by atoms with Crippen LogP contribution in [0.1, 0.15) is 87.6 Å². The van der Waals surface area contributed by atoms with Crippen LogP contribution in [0.5, 0.6) is 11.5 Å². The summed E-state index contributed by atoms with van der Waals surface area (Å²) in [6.07, 6.45) is 7.13. The van der Waals surface area contributed by atoms with Gasteiger partial charge in [-0.15, -0.1) is 24.8 Å². The summed E-state index contributed by atoms with van der Waals surface area (Å²) in [4.78, 5) is 18.0. The second kappa shape index (κ2) is 16.2. The number of hydrogen-bond donors (Lipinski definition) is 2. The minimum atomic E-state index is -0.331. The molecule has 1 aliphatic carbocycles. The van der Waals surface area contributed by atoms with E-state index in [1.165, 1.54) is 24.5 Å². The number of amides is 1. The summed E-state index contributed by atoms with van der Waals surface area (Å²) in [6.45, 7) is 13.8. The number of benzene rings is 2. The lowest BCUT2D eigenvalue weighted by atomic mass is 9.68. The van der Waals surface area contributed by atoms with E-state index in [0.29, 0.717) is 43.0 Å². The molecule has 7 nitrogen and oxygen atoms in total. The van der Waals surface area contributed by atoms with Gasteiger partial charge in [-0.1, -0.05) is 20.8 Å². The van der Waals surface area contributed by atoms with Crippen LogP contribution < -0.4 is 25.0 Å². The van der Waals surface area contributed by atoms with Crippen LogP contribution in [0.3, 0.4) is 0 Å². The second-order valence-corrected chi connectivity index (χ2v) is 14.4. The molecule has 3 aliphatic heterocycles. The van der Waals surface area contributed by atoms with Crippen molar-refractivity contribution in [2.75, 3.05) is 57.3 Å². The number of carbonyl (C=O) groups is 1. The molecule has 1 atom stereocenters. The van der Waals surface area contributed by atoms with Crippen LogP contribution in [0, 0.1) is 17.2 Å². The van der Waals surface area contributed by atoms with Crippen molar-refractivity contribution < 1.29 is 18.7 Å². The summed E-state index contributed by atoms with van der Waals surface area (Å²) >= 11 is 0. The summed E-state index contributed by atoms with van der Waals surface area (Å²) in [7, 11) is 0. The highest BCUT2D eigenvalue weighted by atomic mass is 35.5. The SMILES string of the molecule is CC(C)(C)C1CCC(c2cc(C(=O)N3CCC(Oc4cc(N5CCNCC5)ccc4F)CC3)ccc2O[C@H]2CCNC2)CC1.Cl.Cl. The van der Waals surface area contributed by atoms with Gasteiger partial charge in [-0.3, -0.25) is 4.79 Å². The Bertz CT molecular complexity index is 1280. The van der Waals surface area contributed by atoms with Crippen molar-refractivity contribution in [1.82, 2.24) is 15.5 Å². The zero-order valence-electron chi connectivity index (χ0n) is 27.7. The first-order valence-corrected chi connectivity index (χ1v) is 17.0. The van der Waals surface area contributed by atoms with Crippen molar-refractivity contribution in [3.8, 4) is 11.5 Å². The Kier molecular flexibility index (Phi) is 12.9. The fourth-order valence-electron chi connectivity index (χ4n) is 7.53. The lowest BCUT2D eigenvalue weighted by molar-refractivity contribution is 0.0588. The fourth-order valence-corrected chi connectivity index (χ4v) is 7.53. The number of likely N-dealkylation sites (tertiary alicyclic amines) is 1. The van der Waals surface area contributed by atoms with E-state index in [1.54, 1.807) is 0 Å². The van der Waals surface area contributed by atoms with E-state index in [0.717, 1.165) is 81.4 Å². The molecule has 1 amide bonds. The molecule has 46 heavy (non-hydrogen) atoms. The van der Waals surface area contributed by atoms with Crippen molar-refractivity contribution in [3.05, 3.63) is 53.3 Å². The molecule has 3 heterocycles. The maximum Gasteiger partial charge on any atom is 0.253 e. The van der Waals surface area contributed by atoms with Crippen molar-refractivity contribution in [1.29, 1.82) is 0 Å². The summed E-state index contributed by atoms with van der Waals surface area (Å²) in [6, 6.07) is 11.3. The van der Waals surface area contributed by atoms with Gasteiger partial charge in [0.2, 0.25) is 0 Å². The molecule has 4 fully saturated rings. The minimum Gasteiger partial charge on any atom is -0.489 e. The van der Waals surface area contributed by atoms with Gasteiger partial charge in [0.15, 0.2) is 11.6 Å². The summed E-state index contributed by atoms with van der Waals surface area (Å²) < 4.78 is 27.4. The van der Waals surface area contributed by atoms with Gasteiger partial charge in [0.25, 0.3) is 5.91 Å². The van der Waals surface area contributed by atoms with Crippen molar-refractivity contribution in [2.45, 2.75) is 83.8 Å². The molecule has 0 aromatic heterocycles. The topological polar surface area (TPSA) is 66.1 Å². The zero-order chi connectivity index (χ0) is 30.7. The molecule has 0 unspecified atom stereocenters. The van der Waals surface area contributed by atoms with E-state index in [4.69, 9.17) is 9.47 Å². The molecule has 10 heteroatoms. The average Bonchev–Trinajstić information content (AvgIpc) is 3.56. The van der Waals surface area contributed by atoms with Crippen molar-refractivity contribution >= 4 is 36.4 Å². The van der Waals surface area contributed by atoms with E-state index >= 15 is 0 Å². The van der Waals surface area contributed by atoms with Crippen LogP contribution in [-0.2, 0) is 0 Å². The predicted octanol–water partition coefficient (Wildman–Crippen LogP) is 6.82. The molecule has 2 aromatic rings. The highest BCUT2D eigenvalue weighted by molar-refractivity contribution is 5.94. The number of piperidine rings is 1. The molecule has 3 saturated heterocycles. The number of rotatable bonds is 7. The Balaban J connectivity index is 0.00000240. The van der Waals surface area contributed by atoms with E-state index in [1.807, 2.05) is 29.2 Å². The molecular weight excluding hydrogens is 626 g/mol. The van der Waals surface area contributed by atoms with Gasteiger partial charge in [0.1, 0.15) is 18.0 Å². The van der Waals surface area contributed by atoms with E-state index in [9.17, 15) is 9.18 Å². The Morgan fingerprint density at radius 2 is 1.48 bits per heavy atom. The Labute approximate surface area is 287 Å². The molecule has 0 spiro atoms. The number of carbonyl (C=O) groups excluding carboxylic acids is 1. The first kappa shape index (κ1) is 36.6. The number of hydrogen-bond acceptors (Lipinski definition) is 6. The van der Waals surface area contributed by atoms with Gasteiger partial charge in [0.05, 0.1) is 0 Å². The number of ether oxygens (including phenoxy) is 2. The molecule has 4 aliphatic rings. The summed E-state index contributed by atoms with van der Waals surface area (Å²) in [5.74, 6) is 2.14. The minimum absolute atomic E-state index is 0. The van der Waals surface area contributed by atoms with Gasteiger partial charge in [-0.05, 0) is 91.8 Å². The molecule has 1 saturated carbocycles. The van der Waals surface area contributed by atoms with Crippen LogP contribution >= 0.6 is 24.8 Å². The molecule has 2 aromatic carbocycles.